The average Bonchev–Trinajstić information content (AvgIpc) is 2.54. The van der Waals surface area contributed by atoms with Gasteiger partial charge in [-0.25, -0.2) is 0 Å². The summed E-state index contributed by atoms with van der Waals surface area (Å²) in [5, 5.41) is 0. The Balaban J connectivity index is 2.13. The number of hydrogen-bond acceptors (Lipinski definition) is 2. The third-order valence-corrected chi connectivity index (χ3v) is 5.78. The van der Waals surface area contributed by atoms with E-state index in [0.29, 0.717) is 0 Å². The molecule has 0 heterocycles. The Bertz CT molecular complexity index is 725. The first-order valence-corrected chi connectivity index (χ1v) is 9.16. The molecule has 124 valence electrons. The molecule has 5 heteroatoms. The van der Waals surface area contributed by atoms with E-state index in [-0.39, 0.29) is 12.1 Å². The van der Waals surface area contributed by atoms with Crippen molar-refractivity contribution >= 4 is 10.2 Å². The molecule has 4 nitrogen and oxygen atoms in total. The molecule has 0 aliphatic heterocycles. The van der Waals surface area contributed by atoms with Gasteiger partial charge in [-0.2, -0.15) is 17.4 Å². The van der Waals surface area contributed by atoms with Gasteiger partial charge in [0.05, 0.1) is 0 Å². The molecule has 23 heavy (non-hydrogen) atoms. The Morgan fingerprint density at radius 1 is 0.870 bits per heavy atom. The van der Waals surface area contributed by atoms with E-state index >= 15 is 0 Å². The van der Waals surface area contributed by atoms with Gasteiger partial charge in [0.1, 0.15) is 0 Å². The van der Waals surface area contributed by atoms with Gasteiger partial charge in [-0.3, -0.25) is 0 Å². The lowest BCUT2D eigenvalue weighted by Crippen LogP contribution is -2.42. The summed E-state index contributed by atoms with van der Waals surface area (Å²) in [4.78, 5) is 0. The monoisotopic (exact) mass is 332 g/mol. The zero-order valence-corrected chi connectivity index (χ0v) is 14.8. The van der Waals surface area contributed by atoms with Crippen LogP contribution in [0.2, 0.25) is 0 Å². The molecule has 0 aromatic heterocycles. The van der Waals surface area contributed by atoms with Gasteiger partial charge in [-0.1, -0.05) is 54.6 Å². The average molecular weight is 332 g/mol. The second-order valence-electron chi connectivity index (χ2n) is 5.94. The van der Waals surface area contributed by atoms with Crippen LogP contribution in [0.3, 0.4) is 0 Å². The van der Waals surface area contributed by atoms with Crippen LogP contribution in [0.1, 0.15) is 32.4 Å². The topological polar surface area (TPSA) is 49.4 Å². The third-order valence-electron chi connectivity index (χ3n) is 3.95. The lowest BCUT2D eigenvalue weighted by molar-refractivity contribution is 0.398. The molecule has 2 aromatic carbocycles. The molecule has 0 fully saturated rings. The SMILES string of the molecule is CC(C)N(C)S(=O)(=O)N[C@@H](C)c1ccc(-c2ccccc2)cc1. The van der Waals surface area contributed by atoms with Crippen LogP contribution in [-0.2, 0) is 10.2 Å². The van der Waals surface area contributed by atoms with Gasteiger partial charge in [0, 0.05) is 19.1 Å². The first-order chi connectivity index (χ1) is 10.8. The van der Waals surface area contributed by atoms with Gasteiger partial charge in [-0.05, 0) is 37.5 Å². The third kappa shape index (κ3) is 4.41. The molecular weight excluding hydrogens is 308 g/mol. The van der Waals surface area contributed by atoms with Crippen molar-refractivity contribution in [3.63, 3.8) is 0 Å². The van der Waals surface area contributed by atoms with Crippen LogP contribution < -0.4 is 4.72 Å². The summed E-state index contributed by atoms with van der Waals surface area (Å²) in [5.74, 6) is 0. The van der Waals surface area contributed by atoms with E-state index in [1.165, 1.54) is 4.31 Å². The van der Waals surface area contributed by atoms with Crippen LogP contribution in [0.5, 0.6) is 0 Å². The van der Waals surface area contributed by atoms with Crippen molar-refractivity contribution in [2.75, 3.05) is 7.05 Å². The zero-order chi connectivity index (χ0) is 17.0. The maximum atomic E-state index is 12.3. The Morgan fingerprint density at radius 3 is 1.91 bits per heavy atom. The van der Waals surface area contributed by atoms with Crippen LogP contribution in [-0.4, -0.2) is 25.8 Å². The summed E-state index contributed by atoms with van der Waals surface area (Å²) in [6.07, 6.45) is 0. The smallest absolute Gasteiger partial charge is 0.195 e. The predicted octanol–water partition coefficient (Wildman–Crippen LogP) is 3.59. The maximum Gasteiger partial charge on any atom is 0.279 e. The van der Waals surface area contributed by atoms with Gasteiger partial charge in [0.2, 0.25) is 0 Å². The van der Waals surface area contributed by atoms with Crippen LogP contribution >= 0.6 is 0 Å². The molecule has 1 atom stereocenters. The lowest BCUT2D eigenvalue weighted by Gasteiger charge is -2.24. The molecule has 2 rings (SSSR count). The first kappa shape index (κ1) is 17.7. The van der Waals surface area contributed by atoms with E-state index in [0.717, 1.165) is 16.7 Å². The predicted molar refractivity (Wildman–Crippen MR) is 95.2 cm³/mol. The quantitative estimate of drug-likeness (QED) is 0.879. The number of rotatable bonds is 6. The summed E-state index contributed by atoms with van der Waals surface area (Å²) in [5.41, 5.74) is 3.20. The van der Waals surface area contributed by atoms with Crippen molar-refractivity contribution < 1.29 is 8.42 Å². The summed E-state index contributed by atoms with van der Waals surface area (Å²) in [7, 11) is -1.90. The van der Waals surface area contributed by atoms with Crippen LogP contribution in [0.15, 0.2) is 54.6 Å². The minimum absolute atomic E-state index is 0.0832. The molecule has 0 bridgehead atoms. The molecule has 0 saturated heterocycles. The minimum atomic E-state index is -3.49. The highest BCUT2D eigenvalue weighted by atomic mass is 32.2. The fraction of sp³-hybridized carbons (Fsp3) is 0.333. The van der Waals surface area contributed by atoms with Crippen LogP contribution in [0.25, 0.3) is 11.1 Å². The largest absolute Gasteiger partial charge is 0.279 e. The van der Waals surface area contributed by atoms with Gasteiger partial charge in [0.25, 0.3) is 10.2 Å². The van der Waals surface area contributed by atoms with Crippen molar-refractivity contribution in [1.82, 2.24) is 9.03 Å². The summed E-state index contributed by atoms with van der Waals surface area (Å²) in [6, 6.07) is 17.7. The molecule has 0 aliphatic rings. The normalized spacial score (nSPS) is 13.5. The Hall–Kier alpha value is -1.69. The van der Waals surface area contributed by atoms with Crippen molar-refractivity contribution in [1.29, 1.82) is 0 Å². The zero-order valence-electron chi connectivity index (χ0n) is 14.0. The lowest BCUT2D eigenvalue weighted by atomic mass is 10.0. The van der Waals surface area contributed by atoms with Crippen molar-refractivity contribution in [3.8, 4) is 11.1 Å². The fourth-order valence-corrected chi connectivity index (χ4v) is 3.55. The van der Waals surface area contributed by atoms with Gasteiger partial charge in [-0.15, -0.1) is 0 Å². The molecule has 0 aliphatic carbocycles. The fourth-order valence-electron chi connectivity index (χ4n) is 2.25. The van der Waals surface area contributed by atoms with Gasteiger partial charge >= 0.3 is 0 Å². The van der Waals surface area contributed by atoms with Gasteiger partial charge < -0.3 is 0 Å². The van der Waals surface area contributed by atoms with E-state index in [2.05, 4.69) is 16.9 Å². The highest BCUT2D eigenvalue weighted by Gasteiger charge is 2.22. The Morgan fingerprint density at radius 2 is 1.39 bits per heavy atom. The number of hydrogen-bond donors (Lipinski definition) is 1. The summed E-state index contributed by atoms with van der Waals surface area (Å²) >= 11 is 0. The number of nitrogens with zero attached hydrogens (tertiary/aromatic N) is 1. The molecule has 0 amide bonds. The van der Waals surface area contributed by atoms with Crippen molar-refractivity contribution in [2.45, 2.75) is 32.9 Å². The standard InChI is InChI=1S/C18H24N2O2S/c1-14(2)20(4)23(21,22)19-15(3)16-10-12-18(13-11-16)17-8-6-5-7-9-17/h5-15,19H,1-4H3/t15-/m0/s1. The van der Waals surface area contributed by atoms with E-state index in [1.54, 1.807) is 7.05 Å². The summed E-state index contributed by atoms with van der Waals surface area (Å²) in [6.45, 7) is 5.54. The van der Waals surface area contributed by atoms with Crippen LogP contribution in [0, 0.1) is 0 Å². The molecule has 2 aromatic rings. The molecule has 0 unspecified atom stereocenters. The molecular formula is C18H24N2O2S. The number of benzene rings is 2. The second kappa shape index (κ2) is 7.25. The van der Waals surface area contributed by atoms with E-state index < -0.39 is 10.2 Å². The first-order valence-electron chi connectivity index (χ1n) is 7.72. The van der Waals surface area contributed by atoms with Crippen LogP contribution in [0.4, 0.5) is 0 Å². The minimum Gasteiger partial charge on any atom is -0.195 e. The number of nitrogens with one attached hydrogen (secondary N) is 1. The second-order valence-corrected chi connectivity index (χ2v) is 7.70. The van der Waals surface area contributed by atoms with Crippen molar-refractivity contribution in [3.05, 3.63) is 60.2 Å². The van der Waals surface area contributed by atoms with E-state index in [4.69, 9.17) is 0 Å². The summed E-state index contributed by atoms with van der Waals surface area (Å²) < 4.78 is 28.6. The molecule has 0 radical (unpaired) electrons. The molecule has 0 saturated carbocycles. The highest BCUT2D eigenvalue weighted by molar-refractivity contribution is 7.87. The van der Waals surface area contributed by atoms with Crippen molar-refractivity contribution in [2.24, 2.45) is 0 Å². The Labute approximate surface area is 139 Å². The molecule has 1 N–H and O–H groups in total. The maximum absolute atomic E-state index is 12.3. The van der Waals surface area contributed by atoms with Gasteiger partial charge in [0.15, 0.2) is 0 Å². The molecule has 0 spiro atoms. The van der Waals surface area contributed by atoms with E-state index in [9.17, 15) is 8.42 Å². The highest BCUT2D eigenvalue weighted by Crippen LogP contribution is 2.22. The van der Waals surface area contributed by atoms with E-state index in [1.807, 2.05) is 63.2 Å². The Kier molecular flexibility index (Phi) is 5.57.